The minimum absolute atomic E-state index is 0.244. The van der Waals surface area contributed by atoms with E-state index in [0.717, 1.165) is 22.7 Å². The second-order valence-electron chi connectivity index (χ2n) is 5.63. The fourth-order valence-electron chi connectivity index (χ4n) is 2.60. The molecule has 1 aromatic carbocycles. The average molecular weight is 404 g/mol. The molecule has 10 heteroatoms. The molecular formula is C18H11F3N4O2S. The van der Waals surface area contributed by atoms with Gasteiger partial charge in [-0.15, -0.1) is 24.5 Å². The fraction of sp³-hybridized carbons (Fsp3) is 0.0556. The van der Waals surface area contributed by atoms with E-state index in [1.165, 1.54) is 29.7 Å². The van der Waals surface area contributed by atoms with Gasteiger partial charge in [-0.2, -0.15) is 5.10 Å². The highest BCUT2D eigenvalue weighted by atomic mass is 32.1. The maximum Gasteiger partial charge on any atom is 0.573 e. The van der Waals surface area contributed by atoms with Crippen molar-refractivity contribution in [1.82, 2.24) is 14.6 Å². The van der Waals surface area contributed by atoms with Crippen LogP contribution in [-0.2, 0) is 0 Å². The van der Waals surface area contributed by atoms with Crippen LogP contribution in [-0.4, -0.2) is 26.9 Å². The zero-order chi connectivity index (χ0) is 19.7. The van der Waals surface area contributed by atoms with E-state index in [2.05, 4.69) is 20.1 Å². The number of fused-ring (bicyclic) bond motifs is 1. The van der Waals surface area contributed by atoms with Gasteiger partial charge in [0.1, 0.15) is 11.3 Å². The Bertz CT molecular complexity index is 1120. The first-order chi connectivity index (χ1) is 13.4. The van der Waals surface area contributed by atoms with Crippen molar-refractivity contribution in [3.63, 3.8) is 0 Å². The zero-order valence-corrected chi connectivity index (χ0v) is 14.8. The first-order valence-electron chi connectivity index (χ1n) is 7.94. The molecule has 0 aliphatic heterocycles. The van der Waals surface area contributed by atoms with Gasteiger partial charge < -0.3 is 10.1 Å². The Hall–Kier alpha value is -3.40. The molecule has 0 spiro atoms. The van der Waals surface area contributed by atoms with Crippen LogP contribution in [0.5, 0.6) is 5.75 Å². The lowest BCUT2D eigenvalue weighted by molar-refractivity contribution is -0.274. The van der Waals surface area contributed by atoms with E-state index < -0.39 is 12.3 Å². The summed E-state index contributed by atoms with van der Waals surface area (Å²) in [7, 11) is 0. The number of hydrogen-bond acceptors (Lipinski definition) is 5. The standard InChI is InChI=1S/C18H11F3N4O2S/c19-18(20,21)27-12-5-3-11(4-6-12)24-17(26)13-10-23-25-14(7-8-22-16(13)25)15-2-1-9-28-15/h1-10H,(H,24,26). The van der Waals surface area contributed by atoms with Gasteiger partial charge in [0.2, 0.25) is 0 Å². The molecule has 4 rings (SSSR count). The molecule has 142 valence electrons. The highest BCUT2D eigenvalue weighted by molar-refractivity contribution is 7.13. The lowest BCUT2D eigenvalue weighted by Crippen LogP contribution is -2.17. The summed E-state index contributed by atoms with van der Waals surface area (Å²) >= 11 is 1.54. The number of thiophene rings is 1. The van der Waals surface area contributed by atoms with Crippen LogP contribution in [0.4, 0.5) is 18.9 Å². The summed E-state index contributed by atoms with van der Waals surface area (Å²) in [5.74, 6) is -0.848. The van der Waals surface area contributed by atoms with Crippen molar-refractivity contribution in [2.24, 2.45) is 0 Å². The molecule has 0 aliphatic rings. The largest absolute Gasteiger partial charge is 0.573 e. The number of aromatic nitrogens is 3. The molecule has 28 heavy (non-hydrogen) atoms. The number of halogens is 3. The van der Waals surface area contributed by atoms with Crippen molar-refractivity contribution in [3.05, 3.63) is 65.8 Å². The van der Waals surface area contributed by atoms with E-state index in [1.54, 1.807) is 16.8 Å². The third-order valence-corrected chi connectivity index (χ3v) is 4.66. The van der Waals surface area contributed by atoms with Crippen LogP contribution < -0.4 is 10.1 Å². The third-order valence-electron chi connectivity index (χ3n) is 3.77. The van der Waals surface area contributed by atoms with Crippen molar-refractivity contribution in [3.8, 4) is 16.3 Å². The number of carbonyl (C=O) groups is 1. The Labute approximate surface area is 160 Å². The number of hydrogen-bond donors (Lipinski definition) is 1. The second kappa shape index (κ2) is 6.97. The molecular weight excluding hydrogens is 393 g/mol. The van der Waals surface area contributed by atoms with Crippen molar-refractivity contribution in [2.45, 2.75) is 6.36 Å². The SMILES string of the molecule is O=C(Nc1ccc(OC(F)(F)F)cc1)c1cnn2c(-c3cccs3)ccnc12. The minimum Gasteiger partial charge on any atom is -0.406 e. The number of nitrogens with zero attached hydrogens (tertiary/aromatic N) is 3. The molecule has 0 saturated heterocycles. The third kappa shape index (κ3) is 3.67. The predicted octanol–water partition coefficient (Wildman–Crippen LogP) is 4.61. The van der Waals surface area contributed by atoms with Gasteiger partial charge >= 0.3 is 6.36 Å². The molecule has 0 atom stereocenters. The van der Waals surface area contributed by atoms with Crippen LogP contribution in [0.25, 0.3) is 16.2 Å². The molecule has 0 aliphatic carbocycles. The zero-order valence-electron chi connectivity index (χ0n) is 14.0. The van der Waals surface area contributed by atoms with Crippen molar-refractivity contribution in [2.75, 3.05) is 5.32 Å². The molecule has 0 bridgehead atoms. The van der Waals surface area contributed by atoms with Crippen LogP contribution in [0.2, 0.25) is 0 Å². The number of nitrogens with one attached hydrogen (secondary N) is 1. The van der Waals surface area contributed by atoms with Crippen molar-refractivity contribution in [1.29, 1.82) is 0 Å². The summed E-state index contributed by atoms with van der Waals surface area (Å²) in [6.45, 7) is 0. The van der Waals surface area contributed by atoms with E-state index in [4.69, 9.17) is 0 Å². The van der Waals surface area contributed by atoms with E-state index >= 15 is 0 Å². The summed E-state index contributed by atoms with van der Waals surface area (Å²) in [5.41, 5.74) is 1.73. The van der Waals surface area contributed by atoms with Gasteiger partial charge in [0.25, 0.3) is 5.91 Å². The topological polar surface area (TPSA) is 68.5 Å². The smallest absolute Gasteiger partial charge is 0.406 e. The molecule has 3 aromatic heterocycles. The first kappa shape index (κ1) is 18.0. The number of benzene rings is 1. The van der Waals surface area contributed by atoms with Crippen molar-refractivity contribution >= 4 is 28.6 Å². The minimum atomic E-state index is -4.77. The first-order valence-corrected chi connectivity index (χ1v) is 8.82. The number of alkyl halides is 3. The van der Waals surface area contributed by atoms with Crippen LogP contribution in [0.1, 0.15) is 10.4 Å². The summed E-state index contributed by atoms with van der Waals surface area (Å²) in [6.07, 6.45) is -1.78. The monoisotopic (exact) mass is 404 g/mol. The summed E-state index contributed by atoms with van der Waals surface area (Å²) in [4.78, 5) is 17.8. The lowest BCUT2D eigenvalue weighted by Gasteiger charge is -2.09. The summed E-state index contributed by atoms with van der Waals surface area (Å²) in [6, 6.07) is 10.5. The van der Waals surface area contributed by atoms with E-state index in [1.807, 2.05) is 17.5 Å². The number of carbonyl (C=O) groups excluding carboxylic acids is 1. The van der Waals surface area contributed by atoms with Gasteiger partial charge in [-0.3, -0.25) is 4.79 Å². The molecule has 0 radical (unpaired) electrons. The normalized spacial score (nSPS) is 11.5. The number of ether oxygens (including phenoxy) is 1. The molecule has 0 saturated carbocycles. The molecule has 1 N–H and O–H groups in total. The van der Waals surface area contributed by atoms with Gasteiger partial charge in [-0.25, -0.2) is 9.50 Å². The van der Waals surface area contributed by atoms with E-state index in [0.29, 0.717) is 11.3 Å². The van der Waals surface area contributed by atoms with Crippen LogP contribution in [0.15, 0.2) is 60.2 Å². The Morgan fingerprint density at radius 2 is 1.93 bits per heavy atom. The Kier molecular flexibility index (Phi) is 4.47. The molecule has 4 aromatic rings. The van der Waals surface area contributed by atoms with Gasteiger partial charge in [0.05, 0.1) is 16.8 Å². The quantitative estimate of drug-likeness (QED) is 0.539. The molecule has 1 amide bonds. The molecule has 0 fully saturated rings. The fourth-order valence-corrected chi connectivity index (χ4v) is 3.34. The lowest BCUT2D eigenvalue weighted by atomic mass is 10.2. The van der Waals surface area contributed by atoms with Gasteiger partial charge in [0, 0.05) is 11.9 Å². The van der Waals surface area contributed by atoms with Crippen LogP contribution in [0, 0.1) is 0 Å². The molecule has 3 heterocycles. The van der Waals surface area contributed by atoms with Gasteiger partial charge in [-0.1, -0.05) is 6.07 Å². The summed E-state index contributed by atoms with van der Waals surface area (Å²) in [5, 5.41) is 8.80. The number of rotatable bonds is 4. The van der Waals surface area contributed by atoms with E-state index in [-0.39, 0.29) is 11.3 Å². The number of anilines is 1. The van der Waals surface area contributed by atoms with Crippen molar-refractivity contribution < 1.29 is 22.7 Å². The highest BCUT2D eigenvalue weighted by Gasteiger charge is 2.31. The Morgan fingerprint density at radius 1 is 1.14 bits per heavy atom. The van der Waals surface area contributed by atoms with Gasteiger partial charge in [0.15, 0.2) is 5.65 Å². The molecule has 6 nitrogen and oxygen atoms in total. The predicted molar refractivity (Wildman–Crippen MR) is 97.4 cm³/mol. The van der Waals surface area contributed by atoms with Gasteiger partial charge in [-0.05, 0) is 41.8 Å². The maximum absolute atomic E-state index is 12.6. The van der Waals surface area contributed by atoms with E-state index in [9.17, 15) is 18.0 Å². The Morgan fingerprint density at radius 3 is 2.61 bits per heavy atom. The average Bonchev–Trinajstić information content (AvgIpc) is 3.31. The van der Waals surface area contributed by atoms with Crippen LogP contribution >= 0.6 is 11.3 Å². The summed E-state index contributed by atoms with van der Waals surface area (Å²) < 4.78 is 42.0. The maximum atomic E-state index is 12.6. The second-order valence-corrected chi connectivity index (χ2v) is 6.58. The highest BCUT2D eigenvalue weighted by Crippen LogP contribution is 2.26. The van der Waals surface area contributed by atoms with Crippen LogP contribution in [0.3, 0.4) is 0 Å². The Balaban J connectivity index is 1.57. The molecule has 0 unspecified atom stereocenters. The number of amides is 1.